The lowest BCUT2D eigenvalue weighted by Crippen LogP contribution is -2.19. The van der Waals surface area contributed by atoms with Crippen LogP contribution in [-0.2, 0) is 11.0 Å². The number of hydrogen-bond acceptors (Lipinski definition) is 3. The van der Waals surface area contributed by atoms with E-state index in [1.54, 1.807) is 0 Å². The molecule has 0 saturated heterocycles. The number of nitrogens with one attached hydrogen (secondary N) is 1. The molecule has 112 valence electrons. The third kappa shape index (κ3) is 3.33. The molecule has 0 bridgehead atoms. The Morgan fingerprint density at radius 3 is 2.52 bits per heavy atom. The van der Waals surface area contributed by atoms with Crippen LogP contribution in [0.15, 0.2) is 33.5 Å². The summed E-state index contributed by atoms with van der Waals surface area (Å²) in [7, 11) is 0. The molecular formula is C12H6ClF4NO3. The van der Waals surface area contributed by atoms with Crippen molar-refractivity contribution in [3.8, 4) is 0 Å². The van der Waals surface area contributed by atoms with E-state index in [4.69, 9.17) is 11.6 Å². The van der Waals surface area contributed by atoms with Gasteiger partial charge in [-0.05, 0) is 18.2 Å². The van der Waals surface area contributed by atoms with Gasteiger partial charge in [-0.15, -0.1) is 0 Å². The van der Waals surface area contributed by atoms with E-state index in [0.717, 1.165) is 18.2 Å². The third-order valence-electron chi connectivity index (χ3n) is 2.47. The zero-order valence-corrected chi connectivity index (χ0v) is 10.8. The van der Waals surface area contributed by atoms with Gasteiger partial charge in [-0.2, -0.15) is 13.2 Å². The number of rotatable bonds is 2. The number of carbonyl (C=O) groups excluding carboxylic acids is 1. The number of benzene rings is 1. The molecule has 0 radical (unpaired) electrons. The molecule has 1 unspecified atom stereocenters. The van der Waals surface area contributed by atoms with Gasteiger partial charge in [0, 0.05) is 11.8 Å². The second kappa shape index (κ2) is 5.36. The van der Waals surface area contributed by atoms with Gasteiger partial charge < -0.3 is 9.73 Å². The number of hydrogen-bond donors (Lipinski definition) is 1. The Balaban J connectivity index is 2.48. The molecule has 0 fully saturated rings. The van der Waals surface area contributed by atoms with E-state index in [1.165, 1.54) is 0 Å². The fourth-order valence-corrected chi connectivity index (χ4v) is 1.63. The number of fused-ring (bicyclic) bond motifs is 1. The first-order valence-corrected chi connectivity index (χ1v) is 5.86. The minimum Gasteiger partial charge on any atom is -0.451 e. The highest BCUT2D eigenvalue weighted by atomic mass is 35.5. The molecule has 4 nitrogen and oxygen atoms in total. The van der Waals surface area contributed by atoms with Gasteiger partial charge in [0.05, 0.1) is 5.39 Å². The van der Waals surface area contributed by atoms with Crippen molar-refractivity contribution >= 4 is 34.2 Å². The van der Waals surface area contributed by atoms with Crippen molar-refractivity contribution in [3.05, 3.63) is 40.2 Å². The van der Waals surface area contributed by atoms with E-state index < -0.39 is 28.9 Å². The predicted octanol–water partition coefficient (Wildman–Crippen LogP) is 3.28. The summed E-state index contributed by atoms with van der Waals surface area (Å²) in [5.41, 5.74) is -3.54. The summed E-state index contributed by atoms with van der Waals surface area (Å²) in [6.07, 6.45) is -4.79. The molecule has 1 heterocycles. The fourth-order valence-electron chi connectivity index (χ4n) is 1.57. The first-order valence-electron chi connectivity index (χ1n) is 5.42. The number of halogens is 5. The lowest BCUT2D eigenvalue weighted by atomic mass is 10.2. The average molecular weight is 324 g/mol. The van der Waals surface area contributed by atoms with Crippen LogP contribution in [0.2, 0.25) is 0 Å². The Kier molecular flexibility index (Phi) is 3.91. The smallest absolute Gasteiger partial charge is 0.449 e. The van der Waals surface area contributed by atoms with Crippen LogP contribution in [0, 0.1) is 0 Å². The largest absolute Gasteiger partial charge is 0.451 e. The molecule has 21 heavy (non-hydrogen) atoms. The Morgan fingerprint density at radius 2 is 1.95 bits per heavy atom. The van der Waals surface area contributed by atoms with Crippen LogP contribution in [0.1, 0.15) is 5.76 Å². The van der Waals surface area contributed by atoms with Gasteiger partial charge in [-0.1, -0.05) is 11.6 Å². The summed E-state index contributed by atoms with van der Waals surface area (Å²) in [5.74, 6) is -2.59. The van der Waals surface area contributed by atoms with Crippen molar-refractivity contribution in [2.75, 3.05) is 5.32 Å². The third-order valence-corrected chi connectivity index (χ3v) is 2.67. The van der Waals surface area contributed by atoms with Crippen molar-refractivity contribution in [2.45, 2.75) is 11.8 Å². The Bertz CT molecular complexity index is 754. The second-order valence-corrected chi connectivity index (χ2v) is 4.36. The van der Waals surface area contributed by atoms with Crippen LogP contribution >= 0.6 is 11.6 Å². The molecule has 0 aliphatic carbocycles. The highest BCUT2D eigenvalue weighted by Gasteiger charge is 2.34. The summed E-state index contributed by atoms with van der Waals surface area (Å²) in [5, 5.41) is 1.87. The van der Waals surface area contributed by atoms with Crippen LogP contribution in [0.4, 0.5) is 23.2 Å². The van der Waals surface area contributed by atoms with Crippen LogP contribution in [0.5, 0.6) is 0 Å². The van der Waals surface area contributed by atoms with Crippen LogP contribution in [-0.4, -0.2) is 11.5 Å². The maximum atomic E-state index is 12.5. The molecule has 0 aliphatic heterocycles. The normalized spacial score (nSPS) is 13.2. The molecular weight excluding hydrogens is 318 g/mol. The van der Waals surface area contributed by atoms with Gasteiger partial charge in [-0.25, -0.2) is 4.39 Å². The van der Waals surface area contributed by atoms with E-state index >= 15 is 0 Å². The van der Waals surface area contributed by atoms with Crippen LogP contribution in [0.3, 0.4) is 0 Å². The topological polar surface area (TPSA) is 59.3 Å². The number of anilines is 1. The highest BCUT2D eigenvalue weighted by Crippen LogP contribution is 2.30. The standard InChI is InChI=1S/C12H6ClF4NO3/c13-10(14)11(20)18-5-1-2-8-6(3-5)7(19)4-9(21-8)12(15,16)17/h1-4,10H,(H,18,20). The van der Waals surface area contributed by atoms with Crippen LogP contribution in [0.25, 0.3) is 11.0 Å². The van der Waals surface area contributed by atoms with Gasteiger partial charge in [0.2, 0.25) is 5.76 Å². The molecule has 2 aromatic rings. The molecule has 9 heteroatoms. The molecule has 0 saturated carbocycles. The quantitative estimate of drug-likeness (QED) is 0.681. The SMILES string of the molecule is O=C(Nc1ccc2oc(C(F)(F)F)cc(=O)c2c1)C(F)Cl. The van der Waals surface area contributed by atoms with Crippen molar-refractivity contribution in [2.24, 2.45) is 0 Å². The molecule has 2 rings (SSSR count). The monoisotopic (exact) mass is 323 g/mol. The van der Waals surface area contributed by atoms with E-state index in [2.05, 4.69) is 9.73 Å². The number of carbonyl (C=O) groups is 1. The van der Waals surface area contributed by atoms with Gasteiger partial charge in [-0.3, -0.25) is 9.59 Å². The van der Waals surface area contributed by atoms with E-state index in [-0.39, 0.29) is 16.7 Å². The van der Waals surface area contributed by atoms with Gasteiger partial charge in [0.25, 0.3) is 11.5 Å². The molecule has 0 aliphatic rings. The van der Waals surface area contributed by atoms with Gasteiger partial charge in [0.1, 0.15) is 5.58 Å². The van der Waals surface area contributed by atoms with Gasteiger partial charge >= 0.3 is 6.18 Å². The Hall–Kier alpha value is -2.09. The summed E-state index contributed by atoms with van der Waals surface area (Å²) in [6, 6.07) is 3.58. The van der Waals surface area contributed by atoms with Crippen molar-refractivity contribution in [3.63, 3.8) is 0 Å². The summed E-state index contributed by atoms with van der Waals surface area (Å²) in [6.45, 7) is 0. The number of amides is 1. The molecule has 1 N–H and O–H groups in total. The maximum absolute atomic E-state index is 12.5. The van der Waals surface area contributed by atoms with E-state index in [1.807, 2.05) is 0 Å². The Labute approximate surface area is 119 Å². The van der Waals surface area contributed by atoms with Crippen molar-refractivity contribution in [1.29, 1.82) is 0 Å². The lowest BCUT2D eigenvalue weighted by molar-refractivity contribution is -0.152. The summed E-state index contributed by atoms with van der Waals surface area (Å²) in [4.78, 5) is 22.7. The molecule has 0 spiro atoms. The molecule has 1 aromatic carbocycles. The van der Waals surface area contributed by atoms with E-state index in [0.29, 0.717) is 6.07 Å². The summed E-state index contributed by atoms with van der Waals surface area (Å²) >= 11 is 4.91. The maximum Gasteiger partial charge on any atom is 0.449 e. The molecule has 1 atom stereocenters. The second-order valence-electron chi connectivity index (χ2n) is 3.97. The molecule has 1 amide bonds. The fraction of sp³-hybridized carbons (Fsp3) is 0.167. The lowest BCUT2D eigenvalue weighted by Gasteiger charge is -2.08. The minimum absolute atomic E-state index is 0.00265. The van der Waals surface area contributed by atoms with Crippen molar-refractivity contribution < 1.29 is 26.8 Å². The van der Waals surface area contributed by atoms with Crippen LogP contribution < -0.4 is 10.7 Å². The summed E-state index contributed by atoms with van der Waals surface area (Å²) < 4.78 is 54.6. The first-order chi connectivity index (χ1) is 9.68. The minimum atomic E-state index is -4.79. The first kappa shape index (κ1) is 15.3. The Morgan fingerprint density at radius 1 is 1.29 bits per heavy atom. The zero-order valence-electron chi connectivity index (χ0n) is 10.0. The zero-order chi connectivity index (χ0) is 15.8. The predicted molar refractivity (Wildman–Crippen MR) is 66.9 cm³/mol. The highest BCUT2D eigenvalue weighted by molar-refractivity contribution is 6.31. The van der Waals surface area contributed by atoms with E-state index in [9.17, 15) is 27.2 Å². The molecule has 1 aromatic heterocycles. The average Bonchev–Trinajstić information content (AvgIpc) is 2.38. The van der Waals surface area contributed by atoms with Crippen molar-refractivity contribution in [1.82, 2.24) is 0 Å². The number of alkyl halides is 5. The van der Waals surface area contributed by atoms with Gasteiger partial charge in [0.15, 0.2) is 5.43 Å².